The van der Waals surface area contributed by atoms with Crippen LogP contribution < -0.4 is 4.74 Å². The summed E-state index contributed by atoms with van der Waals surface area (Å²) in [6, 6.07) is 19.4. The lowest BCUT2D eigenvalue weighted by atomic mass is 9.94. The number of fused-ring (bicyclic) bond motifs is 1. The summed E-state index contributed by atoms with van der Waals surface area (Å²) in [6.45, 7) is 0.817. The highest BCUT2D eigenvalue weighted by molar-refractivity contribution is 5.81. The fourth-order valence-electron chi connectivity index (χ4n) is 4.31. The van der Waals surface area contributed by atoms with Crippen LogP contribution in [0.5, 0.6) is 6.01 Å². The minimum absolute atomic E-state index is 0.195. The highest BCUT2D eigenvalue weighted by Crippen LogP contribution is 2.39. The summed E-state index contributed by atoms with van der Waals surface area (Å²) >= 11 is 0. The predicted octanol–water partition coefficient (Wildman–Crippen LogP) is 4.92. The summed E-state index contributed by atoms with van der Waals surface area (Å²) in [5.74, 6) is 0. The zero-order valence-corrected chi connectivity index (χ0v) is 16.1. The van der Waals surface area contributed by atoms with Crippen molar-refractivity contribution in [2.45, 2.75) is 38.5 Å². The summed E-state index contributed by atoms with van der Waals surface area (Å²) in [7, 11) is 1.68. The average molecular weight is 372 g/mol. The van der Waals surface area contributed by atoms with E-state index in [1.807, 2.05) is 18.2 Å². The van der Waals surface area contributed by atoms with Crippen molar-refractivity contribution in [2.24, 2.45) is 4.99 Å². The van der Waals surface area contributed by atoms with Gasteiger partial charge in [0.05, 0.1) is 18.1 Å². The molecule has 142 valence electrons. The van der Waals surface area contributed by atoms with Crippen LogP contribution in [0.15, 0.2) is 70.9 Å². The second-order valence-electron chi connectivity index (χ2n) is 7.37. The van der Waals surface area contributed by atoms with E-state index >= 15 is 0 Å². The van der Waals surface area contributed by atoms with Crippen molar-refractivity contribution < 1.29 is 4.74 Å². The summed E-state index contributed by atoms with van der Waals surface area (Å²) < 4.78 is 7.77. The minimum Gasteiger partial charge on any atom is -0.468 e. The van der Waals surface area contributed by atoms with Gasteiger partial charge in [0.1, 0.15) is 0 Å². The molecule has 2 heterocycles. The van der Waals surface area contributed by atoms with Crippen LogP contribution in [-0.2, 0) is 6.54 Å². The Bertz CT molecular complexity index is 1050. The number of aromatic nitrogens is 2. The maximum atomic E-state index is 5.65. The summed E-state index contributed by atoms with van der Waals surface area (Å²) in [5.41, 5.74) is 6.04. The second kappa shape index (κ2) is 7.15. The molecule has 2 aromatic carbocycles. The number of ether oxygens (including phenoxy) is 1. The molecule has 0 radical (unpaired) electrons. The fourth-order valence-corrected chi connectivity index (χ4v) is 4.31. The number of methoxy groups -OCH3 is 1. The molecule has 0 amide bonds. The second-order valence-corrected chi connectivity index (χ2v) is 7.37. The van der Waals surface area contributed by atoms with Gasteiger partial charge in [0.25, 0.3) is 6.01 Å². The van der Waals surface area contributed by atoms with Gasteiger partial charge in [0, 0.05) is 18.5 Å². The van der Waals surface area contributed by atoms with E-state index in [4.69, 9.17) is 9.73 Å². The van der Waals surface area contributed by atoms with Crippen molar-refractivity contribution in [3.05, 3.63) is 71.4 Å². The highest BCUT2D eigenvalue weighted by atomic mass is 16.5. The molecule has 1 aliphatic heterocycles. The van der Waals surface area contributed by atoms with E-state index < -0.39 is 0 Å². The number of nitrogens with zero attached hydrogens (tertiary/aromatic N) is 4. The maximum Gasteiger partial charge on any atom is 0.300 e. The lowest BCUT2D eigenvalue weighted by molar-refractivity contribution is 0.161. The van der Waals surface area contributed by atoms with Crippen LogP contribution in [0, 0.1) is 0 Å². The van der Waals surface area contributed by atoms with Crippen LogP contribution in [0.1, 0.15) is 37.5 Å². The topological polar surface area (TPSA) is 42.6 Å². The van der Waals surface area contributed by atoms with Crippen LogP contribution in [0.25, 0.3) is 11.0 Å². The molecule has 0 bridgehead atoms. The molecule has 0 spiro atoms. The number of aliphatic imine (C=N–C) groups is 1. The third kappa shape index (κ3) is 2.87. The van der Waals surface area contributed by atoms with E-state index in [1.54, 1.807) is 7.11 Å². The first-order valence-corrected chi connectivity index (χ1v) is 9.92. The van der Waals surface area contributed by atoms with Gasteiger partial charge in [-0.15, -0.1) is 0 Å². The van der Waals surface area contributed by atoms with Crippen LogP contribution in [0.2, 0.25) is 0 Å². The third-order valence-corrected chi connectivity index (χ3v) is 5.64. The quantitative estimate of drug-likeness (QED) is 0.653. The number of hydrogen-bond acceptors (Lipinski definition) is 4. The Kier molecular flexibility index (Phi) is 4.35. The summed E-state index contributed by atoms with van der Waals surface area (Å²) in [5, 5.41) is 0. The summed E-state index contributed by atoms with van der Waals surface area (Å²) in [4.78, 5) is 12.1. The molecule has 5 heteroatoms. The third-order valence-electron chi connectivity index (χ3n) is 5.64. The van der Waals surface area contributed by atoms with Gasteiger partial charge in [-0.3, -0.25) is 4.57 Å². The number of rotatable bonds is 4. The molecule has 0 fully saturated rings. The molecule has 5 nitrogen and oxygen atoms in total. The molecule has 0 saturated heterocycles. The van der Waals surface area contributed by atoms with Crippen molar-refractivity contribution in [2.75, 3.05) is 7.11 Å². The Balaban J connectivity index is 1.63. The Morgan fingerprint density at radius 2 is 1.79 bits per heavy atom. The first-order valence-electron chi connectivity index (χ1n) is 9.92. The van der Waals surface area contributed by atoms with Crippen LogP contribution in [-0.4, -0.2) is 27.8 Å². The maximum absolute atomic E-state index is 5.65. The number of allylic oxidation sites excluding steroid dienone is 2. The lowest BCUT2D eigenvalue weighted by Gasteiger charge is -2.39. The van der Waals surface area contributed by atoms with E-state index in [0.717, 1.165) is 30.4 Å². The normalized spacial score (nSPS) is 19.2. The van der Waals surface area contributed by atoms with E-state index in [1.165, 1.54) is 29.7 Å². The van der Waals surface area contributed by atoms with Crippen molar-refractivity contribution in [3.63, 3.8) is 0 Å². The minimum atomic E-state index is -0.195. The molecular formula is C23H24N4O. The molecule has 1 aliphatic carbocycles. The van der Waals surface area contributed by atoms with Crippen LogP contribution >= 0.6 is 0 Å². The molecule has 2 aliphatic rings. The largest absolute Gasteiger partial charge is 0.468 e. The zero-order chi connectivity index (χ0) is 18.9. The molecule has 3 aromatic rings. The van der Waals surface area contributed by atoms with Gasteiger partial charge in [-0.2, -0.15) is 4.98 Å². The van der Waals surface area contributed by atoms with Gasteiger partial charge in [-0.05, 0) is 49.0 Å². The summed E-state index contributed by atoms with van der Waals surface area (Å²) in [6.07, 6.45) is 6.56. The number of imidazole rings is 1. The van der Waals surface area contributed by atoms with Gasteiger partial charge in [-0.25, -0.2) is 4.99 Å². The van der Waals surface area contributed by atoms with Gasteiger partial charge in [-0.1, -0.05) is 42.5 Å². The molecule has 0 N–H and O–H groups in total. The monoisotopic (exact) mass is 372 g/mol. The molecule has 28 heavy (non-hydrogen) atoms. The standard InChI is InChI=1S/C23H24N4O/c1-28-23-25-19-12-6-8-14-21(19)27(23)22-24-15-18-11-5-7-13-20(18)26(22)16-17-9-3-2-4-10-17/h2-4,6,8-10,12,14-15,22H,5,7,11,13,16H2,1H3. The molecule has 1 atom stereocenters. The van der Waals surface area contributed by atoms with E-state index in [-0.39, 0.29) is 6.29 Å². The predicted molar refractivity (Wildman–Crippen MR) is 111 cm³/mol. The molecule has 0 saturated carbocycles. The van der Waals surface area contributed by atoms with Gasteiger partial charge in [0.2, 0.25) is 6.29 Å². The van der Waals surface area contributed by atoms with Gasteiger partial charge >= 0.3 is 0 Å². The smallest absolute Gasteiger partial charge is 0.300 e. The van der Waals surface area contributed by atoms with Gasteiger partial charge < -0.3 is 9.64 Å². The van der Waals surface area contributed by atoms with Gasteiger partial charge in [0.15, 0.2) is 0 Å². The Hall–Kier alpha value is -3.08. The number of para-hydroxylation sites is 2. The first kappa shape index (κ1) is 17.0. The van der Waals surface area contributed by atoms with Crippen LogP contribution in [0.3, 0.4) is 0 Å². The zero-order valence-electron chi connectivity index (χ0n) is 16.1. The fraction of sp³-hybridized carbons (Fsp3) is 0.304. The van der Waals surface area contributed by atoms with Crippen LogP contribution in [0.4, 0.5) is 0 Å². The molecule has 1 aromatic heterocycles. The SMILES string of the molecule is COc1nc2ccccc2n1C1N=CC2=C(CCCC2)N1Cc1ccccc1. The molecular weight excluding hydrogens is 348 g/mol. The van der Waals surface area contributed by atoms with Crippen molar-refractivity contribution in [1.29, 1.82) is 0 Å². The molecule has 1 unspecified atom stereocenters. The van der Waals surface area contributed by atoms with Crippen molar-refractivity contribution >= 4 is 17.2 Å². The van der Waals surface area contributed by atoms with E-state index in [0.29, 0.717) is 6.01 Å². The Morgan fingerprint density at radius 3 is 2.64 bits per heavy atom. The van der Waals surface area contributed by atoms with E-state index in [9.17, 15) is 0 Å². The number of benzene rings is 2. The highest BCUT2D eigenvalue weighted by Gasteiger charge is 2.31. The Morgan fingerprint density at radius 1 is 1.00 bits per heavy atom. The first-order chi connectivity index (χ1) is 13.8. The Labute approximate surface area is 165 Å². The molecule has 5 rings (SSSR count). The van der Waals surface area contributed by atoms with Crippen molar-refractivity contribution in [3.8, 4) is 6.01 Å². The number of hydrogen-bond donors (Lipinski definition) is 0. The van der Waals surface area contributed by atoms with Crippen molar-refractivity contribution in [1.82, 2.24) is 14.5 Å². The lowest BCUT2D eigenvalue weighted by Crippen LogP contribution is -2.35. The van der Waals surface area contributed by atoms with E-state index in [2.05, 4.69) is 57.1 Å². The average Bonchev–Trinajstić information content (AvgIpc) is 3.13.